The number of nitrogens with zero attached hydrogens (tertiary/aromatic N) is 4. The minimum absolute atomic E-state index is 0. The van der Waals surface area contributed by atoms with Gasteiger partial charge >= 0.3 is 88.7 Å². The fraction of sp³-hybridized carbons (Fsp3) is 0.500. The summed E-state index contributed by atoms with van der Waals surface area (Å²) in [7, 11) is -11.1. The number of aromatic nitrogens is 4. The molecule has 28 heavy (non-hydrogen) atoms. The molecule has 3 rings (SSSR count). The summed E-state index contributed by atoms with van der Waals surface area (Å²) in [6.07, 6.45) is 0.120. The first-order chi connectivity index (χ1) is 11.6. The number of rotatable bonds is 5. The van der Waals surface area contributed by atoms with E-state index < -0.39 is 34.1 Å². The van der Waals surface area contributed by atoms with Gasteiger partial charge in [-0.15, -0.1) is 0 Å². The van der Waals surface area contributed by atoms with Crippen molar-refractivity contribution < 1.29 is 126 Å². The molecular formula is C10H12N5Na3O8P2. The fourth-order valence-electron chi connectivity index (χ4n) is 2.48. The molecule has 2 aromatic heterocycles. The molecule has 4 atom stereocenters. The summed E-state index contributed by atoms with van der Waals surface area (Å²) in [5, 5.41) is 0. The van der Waals surface area contributed by atoms with Gasteiger partial charge in [-0.25, -0.2) is 15.0 Å². The molecule has 0 spiro atoms. The van der Waals surface area contributed by atoms with E-state index in [1.165, 1.54) is 24.1 Å². The molecule has 1 unspecified atom stereocenters. The van der Waals surface area contributed by atoms with Gasteiger partial charge in [-0.05, 0) is 6.92 Å². The quantitative estimate of drug-likeness (QED) is 0.326. The summed E-state index contributed by atoms with van der Waals surface area (Å²) in [5.74, 6) is 0.168. The van der Waals surface area contributed by atoms with E-state index in [0.717, 1.165) is 0 Å². The largest absolute Gasteiger partial charge is 1.00 e. The van der Waals surface area contributed by atoms with Crippen LogP contribution >= 0.6 is 15.6 Å². The van der Waals surface area contributed by atoms with Gasteiger partial charge in [0.1, 0.15) is 18.1 Å². The predicted molar refractivity (Wildman–Crippen MR) is 75.1 cm³/mol. The topological polar surface area (TPSA) is 201 Å². The molecule has 1 saturated heterocycles. The molecule has 1 aliphatic rings. The van der Waals surface area contributed by atoms with E-state index in [-0.39, 0.29) is 101 Å². The van der Waals surface area contributed by atoms with Crippen molar-refractivity contribution >= 4 is 32.6 Å². The van der Waals surface area contributed by atoms with Crippen LogP contribution in [-0.4, -0.2) is 31.7 Å². The average molecular weight is 461 g/mol. The SMILES string of the molecule is C[C@H]1O[C@@H](n2cnc3c(N)ncnc32)C[C@@H]1OP(=O)([O-])OP(=O)([O-])[O-].[Na+].[Na+].[Na+]. The van der Waals surface area contributed by atoms with E-state index in [2.05, 4.69) is 23.8 Å². The molecule has 138 valence electrons. The van der Waals surface area contributed by atoms with Crippen molar-refractivity contribution in [1.29, 1.82) is 0 Å². The maximum absolute atomic E-state index is 11.5. The number of phosphoric acid groups is 2. The average Bonchev–Trinajstić information content (AvgIpc) is 3.01. The summed E-state index contributed by atoms with van der Waals surface area (Å²) >= 11 is 0. The van der Waals surface area contributed by atoms with Crippen LogP contribution < -0.4 is 109 Å². The number of hydrogen-bond donors (Lipinski definition) is 1. The van der Waals surface area contributed by atoms with Crippen molar-refractivity contribution in [1.82, 2.24) is 19.5 Å². The monoisotopic (exact) mass is 461 g/mol. The minimum atomic E-state index is -5.75. The van der Waals surface area contributed by atoms with Crippen LogP contribution in [0.5, 0.6) is 0 Å². The standard InChI is InChI=1S/C10H15N5O8P2.3Na/c1-5-6(22-25(19,20)23-24(16,17)18)2-7(21-5)15-4-14-8-9(11)12-3-13-10(8)15;;;/h3-7H,2H2,1H3,(H,19,20)(H2,11,12,13)(H2,16,17,18);;;/q;3*+1/p-3/t5-,6+,7-;;;/m1.../s1. The summed E-state index contributed by atoms with van der Waals surface area (Å²) < 4.78 is 37.2. The number of anilines is 1. The first kappa shape index (κ1) is 29.6. The Bertz CT molecular complexity index is 897. The van der Waals surface area contributed by atoms with E-state index in [0.29, 0.717) is 11.2 Å². The van der Waals surface area contributed by atoms with Crippen LogP contribution in [-0.2, 0) is 22.7 Å². The van der Waals surface area contributed by atoms with E-state index in [1.54, 1.807) is 0 Å². The number of nitrogen functional groups attached to an aromatic ring is 1. The molecule has 0 radical (unpaired) electrons. The maximum atomic E-state index is 11.5. The first-order valence-electron chi connectivity index (χ1n) is 6.87. The molecule has 13 nitrogen and oxygen atoms in total. The molecule has 2 aromatic rings. The Balaban J connectivity index is 0.00000243. The van der Waals surface area contributed by atoms with Gasteiger partial charge in [0.05, 0.1) is 26.4 Å². The van der Waals surface area contributed by atoms with Crippen LogP contribution in [0.3, 0.4) is 0 Å². The van der Waals surface area contributed by atoms with Gasteiger partial charge in [0.2, 0.25) is 0 Å². The van der Waals surface area contributed by atoms with Crippen molar-refractivity contribution in [3.05, 3.63) is 12.7 Å². The zero-order chi connectivity index (χ0) is 18.4. The van der Waals surface area contributed by atoms with Crippen molar-refractivity contribution in [2.24, 2.45) is 0 Å². The Morgan fingerprint density at radius 1 is 1.21 bits per heavy atom. The van der Waals surface area contributed by atoms with E-state index in [1.807, 2.05) is 0 Å². The van der Waals surface area contributed by atoms with Gasteiger partial charge in [0.25, 0.3) is 7.82 Å². The van der Waals surface area contributed by atoms with Crippen LogP contribution in [0.4, 0.5) is 5.82 Å². The Labute approximate surface area is 225 Å². The summed E-state index contributed by atoms with van der Waals surface area (Å²) in [6, 6.07) is 0. The van der Waals surface area contributed by atoms with Gasteiger partial charge in [-0.2, -0.15) is 0 Å². The maximum Gasteiger partial charge on any atom is 1.00 e. The van der Waals surface area contributed by atoms with Crippen LogP contribution in [0.2, 0.25) is 0 Å². The Morgan fingerprint density at radius 3 is 2.46 bits per heavy atom. The molecule has 0 aliphatic carbocycles. The molecule has 3 heterocycles. The number of hydrogen-bond acceptors (Lipinski definition) is 12. The molecule has 0 aromatic carbocycles. The normalized spacial score (nSPS) is 23.9. The van der Waals surface area contributed by atoms with E-state index >= 15 is 0 Å². The second kappa shape index (κ2) is 11.4. The van der Waals surface area contributed by atoms with Gasteiger partial charge < -0.3 is 34.2 Å². The number of imidazole rings is 1. The van der Waals surface area contributed by atoms with Gasteiger partial charge in [0, 0.05) is 6.42 Å². The van der Waals surface area contributed by atoms with E-state index in [4.69, 9.17) is 10.5 Å². The molecular weight excluding hydrogens is 449 g/mol. The third-order valence-electron chi connectivity index (χ3n) is 3.49. The van der Waals surface area contributed by atoms with Crippen molar-refractivity contribution in [3.63, 3.8) is 0 Å². The Morgan fingerprint density at radius 2 is 1.86 bits per heavy atom. The zero-order valence-corrected chi connectivity index (χ0v) is 23.4. The minimum Gasteiger partial charge on any atom is -0.790 e. The van der Waals surface area contributed by atoms with Crippen molar-refractivity contribution in [3.8, 4) is 0 Å². The van der Waals surface area contributed by atoms with E-state index in [9.17, 15) is 23.8 Å². The van der Waals surface area contributed by atoms with Crippen molar-refractivity contribution in [2.45, 2.75) is 31.8 Å². The van der Waals surface area contributed by atoms with Gasteiger partial charge in [-0.3, -0.25) is 13.4 Å². The third kappa shape index (κ3) is 7.32. The molecule has 2 N–H and O–H groups in total. The number of phosphoric ester groups is 1. The fourth-order valence-corrected chi connectivity index (χ4v) is 4.20. The van der Waals surface area contributed by atoms with Crippen LogP contribution in [0.25, 0.3) is 11.2 Å². The molecule has 1 fully saturated rings. The molecule has 0 bridgehead atoms. The van der Waals surface area contributed by atoms with Crippen molar-refractivity contribution in [2.75, 3.05) is 5.73 Å². The summed E-state index contributed by atoms with van der Waals surface area (Å²) in [6.45, 7) is 1.51. The third-order valence-corrected chi connectivity index (χ3v) is 5.62. The van der Waals surface area contributed by atoms with Crippen LogP contribution in [0.15, 0.2) is 12.7 Å². The molecule has 18 heteroatoms. The Kier molecular flexibility index (Phi) is 12.1. The second-order valence-corrected chi connectivity index (χ2v) is 7.89. The smallest absolute Gasteiger partial charge is 0.790 e. The summed E-state index contributed by atoms with van der Waals surface area (Å²) in [5.41, 5.74) is 6.41. The number of ether oxygens (including phenoxy) is 1. The second-order valence-electron chi connectivity index (χ2n) is 5.23. The Hall–Kier alpha value is 1.57. The van der Waals surface area contributed by atoms with Gasteiger partial charge in [0.15, 0.2) is 11.5 Å². The molecule has 0 saturated carbocycles. The van der Waals surface area contributed by atoms with Crippen LogP contribution in [0, 0.1) is 0 Å². The molecule has 0 amide bonds. The van der Waals surface area contributed by atoms with Crippen LogP contribution in [0.1, 0.15) is 19.6 Å². The number of nitrogens with two attached hydrogens (primary N) is 1. The number of fused-ring (bicyclic) bond motifs is 1. The predicted octanol–water partition coefficient (Wildman–Crippen LogP) is -10.6. The molecule has 1 aliphatic heterocycles. The van der Waals surface area contributed by atoms with Gasteiger partial charge in [-0.1, -0.05) is 0 Å². The summed E-state index contributed by atoms with van der Waals surface area (Å²) in [4.78, 5) is 44.3. The zero-order valence-electron chi connectivity index (χ0n) is 15.6. The first-order valence-corrected chi connectivity index (χ1v) is 9.79.